The number of alkyl halides is 1. The molecule has 1 rings (SSSR count). The van der Waals surface area contributed by atoms with Crippen molar-refractivity contribution in [1.29, 1.82) is 0 Å². The Bertz CT molecular complexity index is 356. The molecule has 1 aromatic carbocycles. The first-order valence-corrected chi connectivity index (χ1v) is 5.40. The van der Waals surface area contributed by atoms with Gasteiger partial charge in [0.2, 0.25) is 0 Å². The highest BCUT2D eigenvalue weighted by atomic mass is 35.5. The summed E-state index contributed by atoms with van der Waals surface area (Å²) < 4.78 is 10.3. The van der Waals surface area contributed by atoms with Crippen LogP contribution in [0.15, 0.2) is 29.3 Å². The number of ether oxygens (including phenoxy) is 2. The maximum atomic E-state index is 5.54. The normalized spacial score (nSPS) is 11.5. The highest BCUT2D eigenvalue weighted by Gasteiger charge is 1.96. The molecule has 0 aliphatic rings. The summed E-state index contributed by atoms with van der Waals surface area (Å²) in [5.41, 5.74) is 6.26. The van der Waals surface area contributed by atoms with Crippen molar-refractivity contribution >= 4 is 23.1 Å². The van der Waals surface area contributed by atoms with Crippen molar-refractivity contribution in [2.75, 3.05) is 26.2 Å². The molecule has 4 nitrogen and oxygen atoms in total. The first kappa shape index (κ1) is 12.8. The second-order valence-corrected chi connectivity index (χ2v) is 3.34. The highest BCUT2D eigenvalue weighted by Crippen LogP contribution is 2.19. The van der Waals surface area contributed by atoms with Gasteiger partial charge in [-0.1, -0.05) is 6.07 Å². The van der Waals surface area contributed by atoms with Gasteiger partial charge in [0.05, 0.1) is 18.2 Å². The van der Waals surface area contributed by atoms with Gasteiger partial charge in [0.15, 0.2) is 0 Å². The van der Waals surface area contributed by atoms with Crippen LogP contribution in [-0.4, -0.2) is 32.0 Å². The standard InChI is InChI=1S/C11H15ClN2O2/c1-15-5-6-16-10-4-2-3-9(7-10)14-11(13)8-12/h2-4,7H,5-6,8H2,1H3,(H2,13,14). The highest BCUT2D eigenvalue weighted by molar-refractivity contribution is 6.28. The summed E-state index contributed by atoms with van der Waals surface area (Å²) >= 11 is 5.54. The molecule has 2 N–H and O–H groups in total. The van der Waals surface area contributed by atoms with Gasteiger partial charge in [-0.05, 0) is 12.1 Å². The maximum Gasteiger partial charge on any atom is 0.121 e. The Kier molecular flexibility index (Phi) is 5.67. The van der Waals surface area contributed by atoms with Crippen molar-refractivity contribution < 1.29 is 9.47 Å². The van der Waals surface area contributed by atoms with E-state index in [2.05, 4.69) is 4.99 Å². The fourth-order valence-corrected chi connectivity index (χ4v) is 1.14. The molecule has 0 amide bonds. The minimum absolute atomic E-state index is 0.217. The maximum absolute atomic E-state index is 5.54. The van der Waals surface area contributed by atoms with Crippen molar-refractivity contribution in [2.24, 2.45) is 10.7 Å². The number of hydrogen-bond acceptors (Lipinski definition) is 3. The molecule has 5 heteroatoms. The Morgan fingerprint density at radius 2 is 2.25 bits per heavy atom. The van der Waals surface area contributed by atoms with Crippen molar-refractivity contribution in [1.82, 2.24) is 0 Å². The fraction of sp³-hybridized carbons (Fsp3) is 0.364. The summed E-state index contributed by atoms with van der Waals surface area (Å²) in [4.78, 5) is 4.12. The minimum atomic E-state index is 0.217. The third-order valence-corrected chi connectivity index (χ3v) is 2.06. The number of methoxy groups -OCH3 is 1. The Morgan fingerprint density at radius 3 is 2.94 bits per heavy atom. The molecule has 88 valence electrons. The number of benzene rings is 1. The van der Waals surface area contributed by atoms with E-state index in [1.165, 1.54) is 0 Å². The van der Waals surface area contributed by atoms with Crippen molar-refractivity contribution in [2.45, 2.75) is 0 Å². The summed E-state index contributed by atoms with van der Waals surface area (Å²) in [6.45, 7) is 1.06. The molecule has 0 aliphatic heterocycles. The monoisotopic (exact) mass is 242 g/mol. The molecular weight excluding hydrogens is 228 g/mol. The molecule has 0 aliphatic carbocycles. The van der Waals surface area contributed by atoms with Crippen LogP contribution < -0.4 is 10.5 Å². The molecule has 0 atom stereocenters. The first-order valence-electron chi connectivity index (χ1n) is 4.87. The Morgan fingerprint density at radius 1 is 1.44 bits per heavy atom. The van der Waals surface area contributed by atoms with Crippen LogP contribution >= 0.6 is 11.6 Å². The van der Waals surface area contributed by atoms with Crippen LogP contribution in [0.5, 0.6) is 5.75 Å². The molecule has 0 spiro atoms. The van der Waals surface area contributed by atoms with Crippen molar-refractivity contribution in [3.8, 4) is 5.75 Å². The second-order valence-electron chi connectivity index (χ2n) is 3.08. The predicted molar refractivity (Wildman–Crippen MR) is 65.8 cm³/mol. The number of aliphatic imine (C=N–C) groups is 1. The van der Waals surface area contributed by atoms with E-state index in [-0.39, 0.29) is 5.88 Å². The third-order valence-electron chi connectivity index (χ3n) is 1.78. The summed E-state index contributed by atoms with van der Waals surface area (Å²) in [5, 5.41) is 0. The Labute approximate surface area is 100 Å². The number of nitrogens with zero attached hydrogens (tertiary/aromatic N) is 1. The van der Waals surface area contributed by atoms with E-state index in [9.17, 15) is 0 Å². The molecular formula is C11H15ClN2O2. The van der Waals surface area contributed by atoms with E-state index >= 15 is 0 Å². The van der Waals surface area contributed by atoms with Gasteiger partial charge >= 0.3 is 0 Å². The van der Waals surface area contributed by atoms with Crippen LogP contribution in [0.2, 0.25) is 0 Å². The lowest BCUT2D eigenvalue weighted by Crippen LogP contribution is -2.12. The zero-order valence-corrected chi connectivity index (χ0v) is 9.91. The summed E-state index contributed by atoms with van der Waals surface area (Å²) in [7, 11) is 1.63. The van der Waals surface area contributed by atoms with Gasteiger partial charge in [-0.3, -0.25) is 0 Å². The molecule has 0 aromatic heterocycles. The zero-order chi connectivity index (χ0) is 11.8. The van der Waals surface area contributed by atoms with E-state index in [1.807, 2.05) is 18.2 Å². The van der Waals surface area contributed by atoms with E-state index < -0.39 is 0 Å². The van der Waals surface area contributed by atoms with Gasteiger partial charge in [-0.2, -0.15) is 0 Å². The van der Waals surface area contributed by atoms with Crippen molar-refractivity contribution in [3.63, 3.8) is 0 Å². The van der Waals surface area contributed by atoms with E-state index in [1.54, 1.807) is 13.2 Å². The molecule has 0 saturated heterocycles. The molecule has 0 radical (unpaired) electrons. The van der Waals surface area contributed by atoms with Crippen LogP contribution in [0, 0.1) is 0 Å². The second kappa shape index (κ2) is 7.09. The van der Waals surface area contributed by atoms with Gasteiger partial charge in [0.25, 0.3) is 0 Å². The fourth-order valence-electron chi connectivity index (χ4n) is 1.08. The van der Waals surface area contributed by atoms with E-state index in [4.69, 9.17) is 26.8 Å². The van der Waals surface area contributed by atoms with Crippen LogP contribution in [0.3, 0.4) is 0 Å². The third kappa shape index (κ3) is 4.51. The SMILES string of the molecule is COCCOc1cccc(N=C(N)CCl)c1. The lowest BCUT2D eigenvalue weighted by atomic mass is 10.3. The molecule has 0 heterocycles. The van der Waals surface area contributed by atoms with Crippen LogP contribution in [-0.2, 0) is 4.74 Å². The Hall–Kier alpha value is -1.26. The summed E-state index contributed by atoms with van der Waals surface area (Å²) in [5.74, 6) is 1.34. The van der Waals surface area contributed by atoms with Crippen LogP contribution in [0.1, 0.15) is 0 Å². The zero-order valence-electron chi connectivity index (χ0n) is 9.15. The summed E-state index contributed by atoms with van der Waals surface area (Å²) in [6, 6.07) is 7.34. The largest absolute Gasteiger partial charge is 0.491 e. The van der Waals surface area contributed by atoms with Gasteiger partial charge in [0.1, 0.15) is 18.2 Å². The molecule has 0 unspecified atom stereocenters. The average Bonchev–Trinajstić information content (AvgIpc) is 2.30. The van der Waals surface area contributed by atoms with E-state index in [0.29, 0.717) is 19.0 Å². The molecule has 16 heavy (non-hydrogen) atoms. The molecule has 0 bridgehead atoms. The topological polar surface area (TPSA) is 56.8 Å². The van der Waals surface area contributed by atoms with Gasteiger partial charge in [-0.25, -0.2) is 4.99 Å². The quantitative estimate of drug-likeness (QED) is 0.359. The van der Waals surface area contributed by atoms with E-state index in [0.717, 1.165) is 11.4 Å². The van der Waals surface area contributed by atoms with Crippen molar-refractivity contribution in [3.05, 3.63) is 24.3 Å². The van der Waals surface area contributed by atoms with Crippen LogP contribution in [0.4, 0.5) is 5.69 Å². The van der Waals surface area contributed by atoms with Gasteiger partial charge in [0, 0.05) is 13.2 Å². The summed E-state index contributed by atoms with van der Waals surface area (Å²) in [6.07, 6.45) is 0. The minimum Gasteiger partial charge on any atom is -0.491 e. The van der Waals surface area contributed by atoms with Gasteiger partial charge in [-0.15, -0.1) is 11.6 Å². The predicted octanol–water partition coefficient (Wildman–Crippen LogP) is 1.94. The first-order chi connectivity index (χ1) is 7.76. The number of halogens is 1. The molecule has 0 saturated carbocycles. The van der Waals surface area contributed by atoms with Gasteiger partial charge < -0.3 is 15.2 Å². The number of rotatable bonds is 6. The smallest absolute Gasteiger partial charge is 0.121 e. The average molecular weight is 243 g/mol. The number of hydrogen-bond donors (Lipinski definition) is 1. The lowest BCUT2D eigenvalue weighted by Gasteiger charge is -2.05. The number of amidine groups is 1. The Balaban J connectivity index is 2.64. The lowest BCUT2D eigenvalue weighted by molar-refractivity contribution is 0.146. The van der Waals surface area contributed by atoms with Crippen LogP contribution in [0.25, 0.3) is 0 Å². The number of nitrogens with two attached hydrogens (primary N) is 1. The molecule has 0 fully saturated rings. The molecule has 1 aromatic rings.